The number of hydrogen-bond acceptors (Lipinski definition) is 1. The van der Waals surface area contributed by atoms with Crippen molar-refractivity contribution in [1.82, 2.24) is 0 Å². The normalized spacial score (nSPS) is 35.1. The minimum atomic E-state index is 0.0131. The molecule has 0 bridgehead atoms. The number of carbonyl (C=O) groups excluding carboxylic acids is 1. The van der Waals surface area contributed by atoms with E-state index in [1.165, 1.54) is 12.8 Å². The first-order chi connectivity index (χ1) is 6.59. The standard InChI is InChI=1S/C12H21BO/c1-3-10(6-8-14)11-5-4-7-12(2,13)9-11/h8,10-11H,3-7,9H2,1-2H3. The van der Waals surface area contributed by atoms with Crippen molar-refractivity contribution in [2.24, 2.45) is 11.8 Å². The van der Waals surface area contributed by atoms with Crippen LogP contribution in [0.2, 0.25) is 5.31 Å². The third kappa shape index (κ3) is 3.15. The molecule has 0 amide bonds. The van der Waals surface area contributed by atoms with Crippen molar-refractivity contribution in [1.29, 1.82) is 0 Å². The Balaban J connectivity index is 2.53. The van der Waals surface area contributed by atoms with Gasteiger partial charge < -0.3 is 4.79 Å². The van der Waals surface area contributed by atoms with Crippen molar-refractivity contribution in [3.63, 3.8) is 0 Å². The van der Waals surface area contributed by atoms with Gasteiger partial charge in [0.2, 0.25) is 0 Å². The topological polar surface area (TPSA) is 17.1 Å². The van der Waals surface area contributed by atoms with Crippen LogP contribution in [0.15, 0.2) is 0 Å². The number of rotatable bonds is 4. The summed E-state index contributed by atoms with van der Waals surface area (Å²) in [5.41, 5.74) is 0. The van der Waals surface area contributed by atoms with Crippen LogP contribution in [0.4, 0.5) is 0 Å². The van der Waals surface area contributed by atoms with Gasteiger partial charge in [-0.1, -0.05) is 51.3 Å². The third-order valence-corrected chi connectivity index (χ3v) is 3.64. The maximum atomic E-state index is 10.5. The van der Waals surface area contributed by atoms with Gasteiger partial charge in [-0.15, -0.1) is 0 Å². The Labute approximate surface area is 89.1 Å². The second kappa shape index (κ2) is 5.00. The molecule has 1 aliphatic rings. The quantitative estimate of drug-likeness (QED) is 0.494. The van der Waals surface area contributed by atoms with Gasteiger partial charge in [-0.05, 0) is 11.8 Å². The highest BCUT2D eigenvalue weighted by Gasteiger charge is 2.31. The molecule has 3 unspecified atom stereocenters. The average molecular weight is 192 g/mol. The Morgan fingerprint density at radius 2 is 2.36 bits per heavy atom. The highest BCUT2D eigenvalue weighted by atomic mass is 16.1. The van der Waals surface area contributed by atoms with E-state index < -0.39 is 0 Å². The van der Waals surface area contributed by atoms with E-state index in [-0.39, 0.29) is 5.31 Å². The first-order valence-electron chi connectivity index (χ1n) is 5.81. The minimum absolute atomic E-state index is 0.0131. The molecule has 1 rings (SSSR count). The molecule has 14 heavy (non-hydrogen) atoms. The zero-order valence-electron chi connectivity index (χ0n) is 9.46. The van der Waals surface area contributed by atoms with Gasteiger partial charge >= 0.3 is 0 Å². The summed E-state index contributed by atoms with van der Waals surface area (Å²) in [6.07, 6.45) is 7.62. The third-order valence-electron chi connectivity index (χ3n) is 3.64. The molecule has 0 aliphatic heterocycles. The Morgan fingerprint density at radius 1 is 1.64 bits per heavy atom. The molecule has 0 aromatic heterocycles. The van der Waals surface area contributed by atoms with E-state index in [4.69, 9.17) is 7.85 Å². The molecule has 0 spiro atoms. The van der Waals surface area contributed by atoms with Gasteiger partial charge in [0.15, 0.2) is 0 Å². The lowest BCUT2D eigenvalue weighted by molar-refractivity contribution is -0.109. The molecule has 0 aromatic rings. The summed E-state index contributed by atoms with van der Waals surface area (Å²) in [6.45, 7) is 4.32. The molecule has 0 N–H and O–H groups in total. The summed E-state index contributed by atoms with van der Waals surface area (Å²) in [4.78, 5) is 10.5. The van der Waals surface area contributed by atoms with Crippen LogP contribution in [0, 0.1) is 11.8 Å². The van der Waals surface area contributed by atoms with Gasteiger partial charge in [0.1, 0.15) is 6.29 Å². The van der Waals surface area contributed by atoms with Crippen LogP contribution in [0.5, 0.6) is 0 Å². The SMILES string of the molecule is [B]C1(C)CCCC(C(CC)CC=O)C1. The number of hydrogen-bond donors (Lipinski definition) is 0. The highest BCUT2D eigenvalue weighted by molar-refractivity contribution is 6.14. The van der Waals surface area contributed by atoms with Crippen LogP contribution in [-0.4, -0.2) is 14.1 Å². The van der Waals surface area contributed by atoms with Crippen molar-refractivity contribution >= 4 is 14.1 Å². The van der Waals surface area contributed by atoms with E-state index in [2.05, 4.69) is 13.8 Å². The maximum Gasteiger partial charge on any atom is 0.120 e. The lowest BCUT2D eigenvalue weighted by Gasteiger charge is -2.39. The summed E-state index contributed by atoms with van der Waals surface area (Å²) in [6, 6.07) is 0. The molecule has 1 saturated carbocycles. The van der Waals surface area contributed by atoms with E-state index in [1.807, 2.05) is 0 Å². The van der Waals surface area contributed by atoms with E-state index >= 15 is 0 Å². The fourth-order valence-electron chi connectivity index (χ4n) is 2.79. The molecular weight excluding hydrogens is 171 g/mol. The second-order valence-electron chi connectivity index (χ2n) is 5.08. The maximum absolute atomic E-state index is 10.5. The largest absolute Gasteiger partial charge is 0.303 e. The van der Waals surface area contributed by atoms with E-state index in [0.29, 0.717) is 11.8 Å². The predicted octanol–water partition coefficient (Wildman–Crippen LogP) is 3.14. The lowest BCUT2D eigenvalue weighted by Crippen LogP contribution is -2.25. The Bertz CT molecular complexity index is 189. The summed E-state index contributed by atoms with van der Waals surface area (Å²) in [5.74, 6) is 1.24. The molecule has 2 heteroatoms. The van der Waals surface area contributed by atoms with Gasteiger partial charge in [-0.25, -0.2) is 0 Å². The number of aldehydes is 1. The molecule has 0 saturated heterocycles. The summed E-state index contributed by atoms with van der Waals surface area (Å²) < 4.78 is 0. The summed E-state index contributed by atoms with van der Waals surface area (Å²) in [7, 11) is 6.17. The molecule has 1 fully saturated rings. The van der Waals surface area contributed by atoms with Gasteiger partial charge in [-0.2, -0.15) is 0 Å². The molecular formula is C12H21BO. The Kier molecular flexibility index (Phi) is 4.21. The fraction of sp³-hybridized carbons (Fsp3) is 0.917. The van der Waals surface area contributed by atoms with Crippen molar-refractivity contribution in [3.05, 3.63) is 0 Å². The lowest BCUT2D eigenvalue weighted by atomic mass is 9.57. The minimum Gasteiger partial charge on any atom is -0.303 e. The fourth-order valence-corrected chi connectivity index (χ4v) is 2.79. The predicted molar refractivity (Wildman–Crippen MR) is 60.5 cm³/mol. The van der Waals surface area contributed by atoms with E-state index in [0.717, 1.165) is 32.0 Å². The summed E-state index contributed by atoms with van der Waals surface area (Å²) in [5, 5.41) is 0.0131. The van der Waals surface area contributed by atoms with Crippen LogP contribution in [0.1, 0.15) is 52.4 Å². The Morgan fingerprint density at radius 3 is 2.86 bits per heavy atom. The van der Waals surface area contributed by atoms with Crippen LogP contribution >= 0.6 is 0 Å². The molecule has 0 heterocycles. The van der Waals surface area contributed by atoms with Crippen molar-refractivity contribution in [2.75, 3.05) is 0 Å². The monoisotopic (exact) mass is 192 g/mol. The van der Waals surface area contributed by atoms with Crippen LogP contribution in [-0.2, 0) is 4.79 Å². The second-order valence-corrected chi connectivity index (χ2v) is 5.08. The first kappa shape index (κ1) is 11.8. The molecule has 0 aromatic carbocycles. The van der Waals surface area contributed by atoms with Crippen LogP contribution in [0.25, 0.3) is 0 Å². The van der Waals surface area contributed by atoms with E-state index in [9.17, 15) is 4.79 Å². The molecule has 2 radical (unpaired) electrons. The van der Waals surface area contributed by atoms with Gasteiger partial charge in [0.05, 0.1) is 7.85 Å². The van der Waals surface area contributed by atoms with Crippen molar-refractivity contribution in [2.45, 2.75) is 57.7 Å². The van der Waals surface area contributed by atoms with Gasteiger partial charge in [0, 0.05) is 6.42 Å². The van der Waals surface area contributed by atoms with Crippen LogP contribution in [0.3, 0.4) is 0 Å². The highest BCUT2D eigenvalue weighted by Crippen LogP contribution is 2.45. The van der Waals surface area contributed by atoms with Crippen LogP contribution < -0.4 is 0 Å². The summed E-state index contributed by atoms with van der Waals surface area (Å²) >= 11 is 0. The van der Waals surface area contributed by atoms with Crippen molar-refractivity contribution in [3.8, 4) is 0 Å². The van der Waals surface area contributed by atoms with Crippen molar-refractivity contribution < 1.29 is 4.79 Å². The zero-order valence-corrected chi connectivity index (χ0v) is 9.46. The van der Waals surface area contributed by atoms with E-state index in [1.54, 1.807) is 0 Å². The molecule has 3 atom stereocenters. The van der Waals surface area contributed by atoms with Gasteiger partial charge in [0.25, 0.3) is 0 Å². The van der Waals surface area contributed by atoms with Gasteiger partial charge in [-0.3, -0.25) is 0 Å². The molecule has 78 valence electrons. The first-order valence-corrected chi connectivity index (χ1v) is 5.81. The average Bonchev–Trinajstić information content (AvgIpc) is 2.12. The molecule has 1 nitrogen and oxygen atoms in total. The number of carbonyl (C=O) groups is 1. The Hall–Kier alpha value is -0.265. The zero-order chi connectivity index (χ0) is 10.6. The molecule has 1 aliphatic carbocycles. The smallest absolute Gasteiger partial charge is 0.120 e.